The lowest BCUT2D eigenvalue weighted by Gasteiger charge is -2.12. The Hall–Kier alpha value is -2.46. The molecule has 0 unspecified atom stereocenters. The maximum Gasteiger partial charge on any atom is 0.261 e. The number of nitrogens with one attached hydrogen (secondary N) is 2. The van der Waals surface area contributed by atoms with Gasteiger partial charge in [-0.3, -0.25) is 9.44 Å². The Bertz CT molecular complexity index is 1260. The minimum absolute atomic E-state index is 0.0274. The van der Waals surface area contributed by atoms with Gasteiger partial charge in [0.15, 0.2) is 0 Å². The van der Waals surface area contributed by atoms with Crippen LogP contribution in [0.2, 0.25) is 10.0 Å². The summed E-state index contributed by atoms with van der Waals surface area (Å²) in [7, 11) is -6.18. The summed E-state index contributed by atoms with van der Waals surface area (Å²) in [6, 6.07) is 16.4. The van der Waals surface area contributed by atoms with E-state index in [1.54, 1.807) is 42.5 Å². The van der Waals surface area contributed by atoms with Crippen molar-refractivity contribution in [3.05, 3.63) is 82.3 Å². The van der Waals surface area contributed by atoms with Gasteiger partial charge in [-0.1, -0.05) is 29.3 Å². The average Bonchev–Trinajstić information content (AvgIpc) is 2.71. The van der Waals surface area contributed by atoms with Crippen molar-refractivity contribution in [2.75, 3.05) is 16.6 Å². The monoisotopic (exact) mass is 500 g/mol. The number of methoxy groups -OCH3 is 1. The second-order valence-electron chi connectivity index (χ2n) is 6.42. The molecular formula is C20H18Cl2N2O5S2. The zero-order chi connectivity index (χ0) is 22.6. The molecule has 0 radical (unpaired) electrons. The van der Waals surface area contributed by atoms with Crippen LogP contribution in [-0.2, 0) is 25.8 Å². The largest absolute Gasteiger partial charge is 0.497 e. The molecule has 2 N–H and O–H groups in total. The van der Waals surface area contributed by atoms with Gasteiger partial charge in [-0.25, -0.2) is 16.8 Å². The van der Waals surface area contributed by atoms with E-state index in [4.69, 9.17) is 27.9 Å². The van der Waals surface area contributed by atoms with Gasteiger partial charge in [0.25, 0.3) is 10.0 Å². The molecule has 0 aliphatic carbocycles. The van der Waals surface area contributed by atoms with E-state index in [0.717, 1.165) is 0 Å². The third-order valence-corrected chi connectivity index (χ3v) is 7.50. The van der Waals surface area contributed by atoms with Gasteiger partial charge in [0.05, 0.1) is 17.8 Å². The highest BCUT2D eigenvalue weighted by molar-refractivity contribution is 7.92. The summed E-state index contributed by atoms with van der Waals surface area (Å²) in [5.41, 5.74) is 0.843. The minimum atomic E-state index is -3.86. The molecule has 0 aliphatic rings. The summed E-state index contributed by atoms with van der Waals surface area (Å²) in [6.07, 6.45) is 0. The molecule has 0 aromatic heterocycles. The van der Waals surface area contributed by atoms with Crippen molar-refractivity contribution >= 4 is 54.6 Å². The van der Waals surface area contributed by atoms with Crippen molar-refractivity contribution in [1.29, 1.82) is 0 Å². The molecule has 0 aliphatic heterocycles. The van der Waals surface area contributed by atoms with Gasteiger partial charge in [0.1, 0.15) is 5.75 Å². The number of hydrogen-bond donors (Lipinski definition) is 2. The fourth-order valence-corrected chi connectivity index (χ4v) is 5.66. The van der Waals surface area contributed by atoms with Gasteiger partial charge in [0.2, 0.25) is 10.0 Å². The summed E-state index contributed by atoms with van der Waals surface area (Å²) < 4.78 is 60.0. The molecule has 31 heavy (non-hydrogen) atoms. The van der Waals surface area contributed by atoms with Crippen molar-refractivity contribution in [3.8, 4) is 5.75 Å². The molecule has 0 spiro atoms. The smallest absolute Gasteiger partial charge is 0.261 e. The molecule has 0 amide bonds. The van der Waals surface area contributed by atoms with Crippen LogP contribution in [0.4, 0.5) is 11.4 Å². The van der Waals surface area contributed by atoms with E-state index < -0.39 is 25.8 Å². The summed E-state index contributed by atoms with van der Waals surface area (Å²) in [4.78, 5) is -0.0274. The molecule has 0 saturated carbocycles. The standard InChI is InChI=1S/C20H18Cl2N2O5S2/c1-29-16-9-5-15(6-10-16)24-31(27,28)17-11-7-14(8-12-17)23-30(25,26)13-18-19(21)3-2-4-20(18)22/h2-12,23-24H,13H2,1H3. The Balaban J connectivity index is 1.72. The Morgan fingerprint density at radius 1 is 0.774 bits per heavy atom. The second kappa shape index (κ2) is 9.35. The van der Waals surface area contributed by atoms with Gasteiger partial charge in [-0.2, -0.15) is 0 Å². The molecule has 0 bridgehead atoms. The molecule has 11 heteroatoms. The highest BCUT2D eigenvalue weighted by Gasteiger charge is 2.18. The molecule has 7 nitrogen and oxygen atoms in total. The van der Waals surface area contributed by atoms with Crippen LogP contribution >= 0.6 is 23.2 Å². The Morgan fingerprint density at radius 3 is 1.84 bits per heavy atom. The molecule has 164 valence electrons. The number of rotatable bonds is 8. The fraction of sp³-hybridized carbons (Fsp3) is 0.100. The topological polar surface area (TPSA) is 102 Å². The number of ether oxygens (including phenoxy) is 1. The maximum atomic E-state index is 12.6. The maximum absolute atomic E-state index is 12.6. The summed E-state index contributed by atoms with van der Waals surface area (Å²) >= 11 is 12.1. The number of sulfonamides is 2. The van der Waals surface area contributed by atoms with Crippen molar-refractivity contribution in [2.45, 2.75) is 10.6 Å². The summed E-state index contributed by atoms with van der Waals surface area (Å²) in [5, 5.41) is 0.479. The van der Waals surface area contributed by atoms with Crippen LogP contribution in [0.25, 0.3) is 0 Å². The van der Waals surface area contributed by atoms with Crippen LogP contribution in [-0.4, -0.2) is 23.9 Å². The first-order chi connectivity index (χ1) is 14.6. The summed E-state index contributed by atoms with van der Waals surface area (Å²) in [5.74, 6) is 0.169. The third kappa shape index (κ3) is 6.04. The van der Waals surface area contributed by atoms with Crippen LogP contribution in [0, 0.1) is 0 Å². The lowest BCUT2D eigenvalue weighted by atomic mass is 10.2. The minimum Gasteiger partial charge on any atom is -0.497 e. The highest BCUT2D eigenvalue weighted by atomic mass is 35.5. The molecule has 0 atom stereocenters. The number of anilines is 2. The Morgan fingerprint density at radius 2 is 1.29 bits per heavy atom. The molecule has 3 aromatic rings. The first-order valence-electron chi connectivity index (χ1n) is 8.80. The van der Waals surface area contributed by atoms with E-state index in [9.17, 15) is 16.8 Å². The SMILES string of the molecule is COc1ccc(NS(=O)(=O)c2ccc(NS(=O)(=O)Cc3c(Cl)cccc3Cl)cc2)cc1. The fourth-order valence-electron chi connectivity index (χ4n) is 2.65. The molecule has 3 rings (SSSR count). The van der Waals surface area contributed by atoms with E-state index in [1.807, 2.05) is 0 Å². The van der Waals surface area contributed by atoms with Crippen LogP contribution in [0.15, 0.2) is 71.6 Å². The van der Waals surface area contributed by atoms with E-state index in [1.165, 1.54) is 31.4 Å². The van der Waals surface area contributed by atoms with Crippen LogP contribution in [0.5, 0.6) is 5.75 Å². The van der Waals surface area contributed by atoms with E-state index in [0.29, 0.717) is 11.4 Å². The zero-order valence-electron chi connectivity index (χ0n) is 16.2. The molecule has 0 fully saturated rings. The molecule has 3 aromatic carbocycles. The summed E-state index contributed by atoms with van der Waals surface area (Å²) in [6.45, 7) is 0. The van der Waals surface area contributed by atoms with Gasteiger partial charge in [-0.05, 0) is 60.7 Å². The molecular weight excluding hydrogens is 483 g/mol. The van der Waals surface area contributed by atoms with Crippen LogP contribution in [0.1, 0.15) is 5.56 Å². The Labute approximate surface area is 191 Å². The highest BCUT2D eigenvalue weighted by Crippen LogP contribution is 2.27. The molecule has 0 saturated heterocycles. The van der Waals surface area contributed by atoms with E-state index in [-0.39, 0.29) is 26.2 Å². The van der Waals surface area contributed by atoms with Crippen molar-refractivity contribution in [3.63, 3.8) is 0 Å². The van der Waals surface area contributed by atoms with Crippen LogP contribution in [0.3, 0.4) is 0 Å². The first-order valence-corrected chi connectivity index (χ1v) is 12.7. The van der Waals surface area contributed by atoms with E-state index >= 15 is 0 Å². The lowest BCUT2D eigenvalue weighted by molar-refractivity contribution is 0.415. The number of halogens is 2. The predicted octanol–water partition coefficient (Wildman–Crippen LogP) is 4.74. The third-order valence-electron chi connectivity index (χ3n) is 4.18. The zero-order valence-corrected chi connectivity index (χ0v) is 19.3. The van der Waals surface area contributed by atoms with Gasteiger partial charge < -0.3 is 4.74 Å². The number of benzene rings is 3. The van der Waals surface area contributed by atoms with Crippen molar-refractivity contribution in [1.82, 2.24) is 0 Å². The predicted molar refractivity (Wildman–Crippen MR) is 123 cm³/mol. The van der Waals surface area contributed by atoms with Crippen molar-refractivity contribution in [2.24, 2.45) is 0 Å². The van der Waals surface area contributed by atoms with Crippen molar-refractivity contribution < 1.29 is 21.6 Å². The quantitative estimate of drug-likeness (QED) is 0.464. The number of hydrogen-bond acceptors (Lipinski definition) is 5. The first kappa shape index (κ1) is 23.2. The average molecular weight is 501 g/mol. The van der Waals surface area contributed by atoms with E-state index in [2.05, 4.69) is 9.44 Å². The van der Waals surface area contributed by atoms with Crippen LogP contribution < -0.4 is 14.2 Å². The van der Waals surface area contributed by atoms with Gasteiger partial charge in [0, 0.05) is 27.0 Å². The molecule has 0 heterocycles. The second-order valence-corrected chi connectivity index (χ2v) is 10.6. The van der Waals surface area contributed by atoms with Gasteiger partial charge >= 0.3 is 0 Å². The van der Waals surface area contributed by atoms with Gasteiger partial charge in [-0.15, -0.1) is 0 Å². The Kier molecular flexibility index (Phi) is 7.00. The normalized spacial score (nSPS) is 11.7. The lowest BCUT2D eigenvalue weighted by Crippen LogP contribution is -2.16.